The van der Waals surface area contributed by atoms with Crippen molar-refractivity contribution in [2.24, 2.45) is 0 Å². The summed E-state index contributed by atoms with van der Waals surface area (Å²) in [5, 5.41) is 13.6. The number of rotatable bonds is 6. The molecule has 102 valence electrons. The van der Waals surface area contributed by atoms with Crippen molar-refractivity contribution in [1.29, 1.82) is 0 Å². The number of hydrogen-bond acceptors (Lipinski definition) is 6. The lowest BCUT2D eigenvalue weighted by molar-refractivity contribution is 0.527. The average molecular weight is 286 g/mol. The van der Waals surface area contributed by atoms with E-state index in [2.05, 4.69) is 22.4 Å². The molecule has 1 aromatic rings. The highest BCUT2D eigenvalue weighted by Crippen LogP contribution is 2.29. The Bertz CT molecular complexity index is 361. The van der Waals surface area contributed by atoms with Crippen LogP contribution in [-0.4, -0.2) is 42.1 Å². The van der Waals surface area contributed by atoms with Crippen LogP contribution in [0.15, 0.2) is 4.34 Å². The summed E-state index contributed by atoms with van der Waals surface area (Å²) < 4.78 is 1.07. The maximum atomic E-state index is 4.22. The molecule has 0 radical (unpaired) electrons. The molecule has 1 aromatic heterocycles. The molecule has 4 nitrogen and oxygen atoms in total. The predicted octanol–water partition coefficient (Wildman–Crippen LogP) is 2.62. The van der Waals surface area contributed by atoms with E-state index in [-0.39, 0.29) is 0 Å². The molecule has 0 bridgehead atoms. The lowest BCUT2D eigenvalue weighted by atomic mass is 10.2. The van der Waals surface area contributed by atoms with Gasteiger partial charge >= 0.3 is 0 Å². The van der Waals surface area contributed by atoms with Gasteiger partial charge in [-0.1, -0.05) is 42.9 Å². The van der Waals surface area contributed by atoms with Crippen LogP contribution < -0.4 is 10.2 Å². The van der Waals surface area contributed by atoms with Gasteiger partial charge in [-0.05, 0) is 12.8 Å². The van der Waals surface area contributed by atoms with Gasteiger partial charge in [0.2, 0.25) is 5.13 Å². The molecule has 1 unspecified atom stereocenters. The first-order chi connectivity index (χ1) is 8.65. The first-order valence-electron chi connectivity index (χ1n) is 6.56. The smallest absolute Gasteiger partial charge is 0.208 e. The molecule has 1 heterocycles. The van der Waals surface area contributed by atoms with Crippen LogP contribution in [0.4, 0.5) is 5.13 Å². The highest BCUT2D eigenvalue weighted by molar-refractivity contribution is 8.01. The van der Waals surface area contributed by atoms with E-state index in [0.717, 1.165) is 22.1 Å². The fourth-order valence-electron chi connectivity index (χ4n) is 2.11. The minimum Gasteiger partial charge on any atom is -0.353 e. The van der Waals surface area contributed by atoms with Crippen LogP contribution in [0.3, 0.4) is 0 Å². The maximum absolute atomic E-state index is 4.22. The summed E-state index contributed by atoms with van der Waals surface area (Å²) in [6.07, 6.45) is 5.48. The first kappa shape index (κ1) is 14.1. The molecule has 18 heavy (non-hydrogen) atoms. The minimum absolute atomic E-state index is 0.550. The number of thioether (sulfide) groups is 1. The number of anilines is 1. The van der Waals surface area contributed by atoms with Gasteiger partial charge in [0, 0.05) is 31.9 Å². The zero-order chi connectivity index (χ0) is 13.0. The molecule has 0 saturated heterocycles. The van der Waals surface area contributed by atoms with Gasteiger partial charge in [-0.2, -0.15) is 0 Å². The molecule has 2 rings (SSSR count). The Labute approximate surface area is 118 Å². The van der Waals surface area contributed by atoms with Crippen molar-refractivity contribution in [1.82, 2.24) is 15.5 Å². The van der Waals surface area contributed by atoms with Crippen molar-refractivity contribution in [3.8, 4) is 0 Å². The standard InChI is InChI=1S/C12H22N4S2/c1-9(8-13-10-6-4-5-7-10)17-12-15-14-11(18-12)16(2)3/h9-10,13H,4-8H2,1-3H3. The van der Waals surface area contributed by atoms with Gasteiger partial charge in [0.25, 0.3) is 0 Å². The molecule has 0 aromatic carbocycles. The van der Waals surface area contributed by atoms with Crippen molar-refractivity contribution in [2.45, 2.75) is 48.2 Å². The third-order valence-corrected chi connectivity index (χ3v) is 5.41. The van der Waals surface area contributed by atoms with E-state index in [1.54, 1.807) is 11.3 Å². The van der Waals surface area contributed by atoms with Crippen LogP contribution in [-0.2, 0) is 0 Å². The van der Waals surface area contributed by atoms with Gasteiger partial charge in [0.15, 0.2) is 4.34 Å². The molecule has 0 aliphatic heterocycles. The summed E-state index contributed by atoms with van der Waals surface area (Å²) >= 11 is 3.49. The summed E-state index contributed by atoms with van der Waals surface area (Å²) in [5.74, 6) is 0. The highest BCUT2D eigenvalue weighted by atomic mass is 32.2. The minimum atomic E-state index is 0.550. The Morgan fingerprint density at radius 3 is 2.72 bits per heavy atom. The first-order valence-corrected chi connectivity index (χ1v) is 8.25. The molecular formula is C12H22N4S2. The molecule has 0 amide bonds. The van der Waals surface area contributed by atoms with Gasteiger partial charge in [-0.3, -0.25) is 0 Å². The van der Waals surface area contributed by atoms with Crippen LogP contribution in [0, 0.1) is 0 Å². The lowest BCUT2D eigenvalue weighted by Gasteiger charge is -2.15. The van der Waals surface area contributed by atoms with Gasteiger partial charge < -0.3 is 10.2 Å². The van der Waals surface area contributed by atoms with Crippen LogP contribution in [0.5, 0.6) is 0 Å². The topological polar surface area (TPSA) is 41.1 Å². The van der Waals surface area contributed by atoms with Crippen LogP contribution >= 0.6 is 23.1 Å². The maximum Gasteiger partial charge on any atom is 0.208 e. The van der Waals surface area contributed by atoms with E-state index in [1.165, 1.54) is 25.7 Å². The van der Waals surface area contributed by atoms with E-state index < -0.39 is 0 Å². The van der Waals surface area contributed by atoms with Crippen LogP contribution in [0.1, 0.15) is 32.6 Å². The second-order valence-corrected chi connectivity index (χ2v) is 7.70. The Balaban J connectivity index is 1.73. The average Bonchev–Trinajstić information content (AvgIpc) is 2.96. The third-order valence-electron chi connectivity index (χ3n) is 3.13. The molecule has 1 saturated carbocycles. The molecule has 1 aliphatic rings. The number of nitrogens with zero attached hydrogens (tertiary/aromatic N) is 3. The Kier molecular flexibility index (Phi) is 5.26. The second-order valence-electron chi connectivity index (χ2n) is 5.06. The summed E-state index contributed by atoms with van der Waals surface area (Å²) in [5.41, 5.74) is 0. The number of hydrogen-bond donors (Lipinski definition) is 1. The van der Waals surface area contributed by atoms with E-state index in [1.807, 2.05) is 30.8 Å². The lowest BCUT2D eigenvalue weighted by Crippen LogP contribution is -2.31. The second kappa shape index (κ2) is 6.73. The van der Waals surface area contributed by atoms with E-state index >= 15 is 0 Å². The third kappa shape index (κ3) is 4.10. The molecule has 0 spiro atoms. The summed E-state index contributed by atoms with van der Waals surface area (Å²) in [6, 6.07) is 0.750. The molecule has 1 fully saturated rings. The van der Waals surface area contributed by atoms with Gasteiger partial charge in [0.1, 0.15) is 0 Å². The van der Waals surface area contributed by atoms with E-state index in [4.69, 9.17) is 0 Å². The quantitative estimate of drug-likeness (QED) is 0.814. The Morgan fingerprint density at radius 1 is 1.39 bits per heavy atom. The normalized spacial score (nSPS) is 18.2. The zero-order valence-corrected chi connectivity index (χ0v) is 13.0. The van der Waals surface area contributed by atoms with Crippen LogP contribution in [0.2, 0.25) is 0 Å². The van der Waals surface area contributed by atoms with Gasteiger partial charge in [-0.25, -0.2) is 0 Å². The molecule has 1 N–H and O–H groups in total. The Hall–Kier alpha value is -0.330. The van der Waals surface area contributed by atoms with Crippen molar-refractivity contribution in [2.75, 3.05) is 25.5 Å². The van der Waals surface area contributed by atoms with Crippen molar-refractivity contribution in [3.05, 3.63) is 0 Å². The van der Waals surface area contributed by atoms with Gasteiger partial charge in [0.05, 0.1) is 0 Å². The summed E-state index contributed by atoms with van der Waals surface area (Å²) in [4.78, 5) is 2.00. The van der Waals surface area contributed by atoms with Crippen molar-refractivity contribution < 1.29 is 0 Å². The zero-order valence-electron chi connectivity index (χ0n) is 11.3. The van der Waals surface area contributed by atoms with Crippen molar-refractivity contribution in [3.63, 3.8) is 0 Å². The predicted molar refractivity (Wildman–Crippen MR) is 79.8 cm³/mol. The SMILES string of the molecule is CC(CNC1CCCC1)Sc1nnc(N(C)C)s1. The summed E-state index contributed by atoms with van der Waals surface area (Å²) in [6.45, 7) is 3.32. The number of nitrogens with one attached hydrogen (secondary N) is 1. The van der Waals surface area contributed by atoms with Crippen LogP contribution in [0.25, 0.3) is 0 Å². The fourth-order valence-corrected chi connectivity index (χ4v) is 4.13. The molecular weight excluding hydrogens is 264 g/mol. The largest absolute Gasteiger partial charge is 0.353 e. The molecule has 6 heteroatoms. The molecule has 1 aliphatic carbocycles. The fraction of sp³-hybridized carbons (Fsp3) is 0.833. The molecule has 1 atom stereocenters. The van der Waals surface area contributed by atoms with E-state index in [9.17, 15) is 0 Å². The van der Waals surface area contributed by atoms with Gasteiger partial charge in [-0.15, -0.1) is 10.2 Å². The highest BCUT2D eigenvalue weighted by Gasteiger charge is 2.16. The monoisotopic (exact) mass is 286 g/mol. The summed E-state index contributed by atoms with van der Waals surface area (Å²) in [7, 11) is 4.00. The van der Waals surface area contributed by atoms with Crippen molar-refractivity contribution >= 4 is 28.2 Å². The number of aromatic nitrogens is 2. The van der Waals surface area contributed by atoms with E-state index in [0.29, 0.717) is 5.25 Å². The Morgan fingerprint density at radius 2 is 2.11 bits per heavy atom.